The fraction of sp³-hybridized carbons (Fsp3) is 0.900. The van der Waals surface area contributed by atoms with E-state index in [2.05, 4.69) is 4.85 Å². The molecule has 0 heterocycles. The molecule has 0 amide bonds. The van der Waals surface area contributed by atoms with E-state index in [0.29, 0.717) is 0 Å². The fourth-order valence-corrected chi connectivity index (χ4v) is 1.11. The molecule has 0 saturated heterocycles. The Bertz CT molecular complexity index is 193. The Morgan fingerprint density at radius 2 is 2.00 bits per heavy atom. The first-order chi connectivity index (χ1) is 5.47. The van der Waals surface area contributed by atoms with Crippen LogP contribution >= 0.6 is 0 Å². The summed E-state index contributed by atoms with van der Waals surface area (Å²) < 4.78 is 5.56. The lowest BCUT2D eigenvalue weighted by Crippen LogP contribution is -2.21. The summed E-state index contributed by atoms with van der Waals surface area (Å²) in [5.41, 5.74) is -0.0800. The van der Waals surface area contributed by atoms with E-state index in [1.807, 2.05) is 20.8 Å². The number of ether oxygens (including phenoxy) is 1. The molecule has 1 saturated carbocycles. The molecule has 1 fully saturated rings. The summed E-state index contributed by atoms with van der Waals surface area (Å²) in [7, 11) is 0. The van der Waals surface area contributed by atoms with Gasteiger partial charge in [-0.2, -0.15) is 0 Å². The summed E-state index contributed by atoms with van der Waals surface area (Å²) in [6.07, 6.45) is 3.06. The van der Waals surface area contributed by atoms with Gasteiger partial charge in [-0.3, -0.25) is 0 Å². The van der Waals surface area contributed by atoms with Crippen molar-refractivity contribution in [2.75, 3.05) is 6.61 Å². The maximum atomic E-state index is 6.97. The molecule has 0 aromatic rings. The second-order valence-electron chi connectivity index (χ2n) is 4.55. The van der Waals surface area contributed by atoms with E-state index in [9.17, 15) is 0 Å². The van der Waals surface area contributed by atoms with E-state index in [1.54, 1.807) is 0 Å². The molecule has 2 heteroatoms. The van der Waals surface area contributed by atoms with E-state index >= 15 is 0 Å². The van der Waals surface area contributed by atoms with E-state index in [4.69, 9.17) is 11.3 Å². The largest absolute Gasteiger partial charge is 0.376 e. The molecular formula is C10H17NO. The van der Waals surface area contributed by atoms with Crippen molar-refractivity contribution in [1.29, 1.82) is 0 Å². The van der Waals surface area contributed by atoms with Crippen LogP contribution in [0.3, 0.4) is 0 Å². The predicted molar refractivity (Wildman–Crippen MR) is 48.9 cm³/mol. The lowest BCUT2D eigenvalue weighted by molar-refractivity contribution is -0.00575. The monoisotopic (exact) mass is 167 g/mol. The van der Waals surface area contributed by atoms with E-state index in [0.717, 1.165) is 25.9 Å². The third kappa shape index (κ3) is 2.83. The maximum Gasteiger partial charge on any atom is 0.235 e. The molecule has 1 rings (SSSR count). The maximum absolute atomic E-state index is 6.97. The van der Waals surface area contributed by atoms with Gasteiger partial charge in [0.1, 0.15) is 0 Å². The topological polar surface area (TPSA) is 13.6 Å². The number of nitrogens with zero attached hydrogens (tertiary/aromatic N) is 1. The van der Waals surface area contributed by atoms with Crippen molar-refractivity contribution in [3.8, 4) is 0 Å². The first-order valence-electron chi connectivity index (χ1n) is 4.50. The van der Waals surface area contributed by atoms with Crippen LogP contribution in [-0.2, 0) is 4.74 Å². The molecule has 0 aromatic heterocycles. The molecule has 0 aliphatic heterocycles. The normalized spacial score (nSPS) is 20.2. The molecule has 1 aliphatic rings. The van der Waals surface area contributed by atoms with Crippen molar-refractivity contribution in [3.05, 3.63) is 11.4 Å². The van der Waals surface area contributed by atoms with Gasteiger partial charge in [0.05, 0.1) is 12.2 Å². The molecule has 0 N–H and O–H groups in total. The molecule has 2 nitrogen and oxygen atoms in total. The zero-order valence-corrected chi connectivity index (χ0v) is 8.18. The Balaban J connectivity index is 2.16. The van der Waals surface area contributed by atoms with E-state index < -0.39 is 0 Å². The zero-order chi connectivity index (χ0) is 9.24. The van der Waals surface area contributed by atoms with Crippen molar-refractivity contribution < 1.29 is 4.74 Å². The van der Waals surface area contributed by atoms with Gasteiger partial charge in [0, 0.05) is 19.3 Å². The van der Waals surface area contributed by atoms with Gasteiger partial charge in [-0.15, -0.1) is 0 Å². The Kier molecular flexibility index (Phi) is 2.44. The number of rotatable bonds is 3. The molecular weight excluding hydrogens is 150 g/mol. The van der Waals surface area contributed by atoms with E-state index in [-0.39, 0.29) is 11.1 Å². The lowest BCUT2D eigenvalue weighted by atomic mass is 10.1. The Hall–Kier alpha value is -0.550. The van der Waals surface area contributed by atoms with Gasteiger partial charge in [-0.05, 0) is 20.8 Å². The van der Waals surface area contributed by atoms with Crippen LogP contribution in [0.4, 0.5) is 0 Å². The summed E-state index contributed by atoms with van der Waals surface area (Å²) in [5.74, 6) is 0. The van der Waals surface area contributed by atoms with Crippen LogP contribution in [0.5, 0.6) is 0 Å². The van der Waals surface area contributed by atoms with Crippen LogP contribution in [0.25, 0.3) is 4.85 Å². The molecule has 12 heavy (non-hydrogen) atoms. The fourth-order valence-electron chi connectivity index (χ4n) is 1.11. The van der Waals surface area contributed by atoms with Crippen LogP contribution in [0.2, 0.25) is 0 Å². The van der Waals surface area contributed by atoms with Gasteiger partial charge >= 0.3 is 0 Å². The molecule has 0 bridgehead atoms. The van der Waals surface area contributed by atoms with Crippen LogP contribution in [0, 0.1) is 6.57 Å². The average molecular weight is 167 g/mol. The zero-order valence-electron chi connectivity index (χ0n) is 8.18. The van der Waals surface area contributed by atoms with Crippen LogP contribution in [-0.4, -0.2) is 17.7 Å². The van der Waals surface area contributed by atoms with E-state index in [1.165, 1.54) is 0 Å². The molecule has 0 radical (unpaired) electrons. The van der Waals surface area contributed by atoms with Gasteiger partial charge in [-0.1, -0.05) is 0 Å². The molecule has 1 aliphatic carbocycles. The highest BCUT2D eigenvalue weighted by atomic mass is 16.5. The van der Waals surface area contributed by atoms with Crippen LogP contribution in [0.1, 0.15) is 40.0 Å². The third-order valence-corrected chi connectivity index (χ3v) is 2.17. The third-order valence-electron chi connectivity index (χ3n) is 2.17. The second-order valence-corrected chi connectivity index (χ2v) is 4.55. The Morgan fingerprint density at radius 3 is 2.33 bits per heavy atom. The quantitative estimate of drug-likeness (QED) is 0.589. The highest BCUT2D eigenvalue weighted by Gasteiger charge is 2.50. The first-order valence-corrected chi connectivity index (χ1v) is 4.50. The van der Waals surface area contributed by atoms with Gasteiger partial charge in [0.2, 0.25) is 5.54 Å². The number of hydrogen-bond donors (Lipinski definition) is 0. The van der Waals surface area contributed by atoms with Crippen molar-refractivity contribution in [1.82, 2.24) is 0 Å². The minimum atomic E-state index is -0.0574. The summed E-state index contributed by atoms with van der Waals surface area (Å²) in [5, 5.41) is 0. The summed E-state index contributed by atoms with van der Waals surface area (Å²) in [6.45, 7) is 13.8. The molecule has 0 aromatic carbocycles. The summed E-state index contributed by atoms with van der Waals surface area (Å²) in [4.78, 5) is 3.62. The Labute approximate surface area is 74.7 Å². The van der Waals surface area contributed by atoms with Gasteiger partial charge in [-0.25, -0.2) is 6.57 Å². The van der Waals surface area contributed by atoms with Gasteiger partial charge in [0.25, 0.3) is 0 Å². The first kappa shape index (κ1) is 9.54. The molecule has 0 atom stereocenters. The summed E-state index contributed by atoms with van der Waals surface area (Å²) >= 11 is 0. The van der Waals surface area contributed by atoms with Crippen LogP contribution < -0.4 is 0 Å². The molecule has 68 valence electrons. The number of hydrogen-bond acceptors (Lipinski definition) is 1. The Morgan fingerprint density at radius 1 is 1.42 bits per heavy atom. The highest BCUT2D eigenvalue weighted by Crippen LogP contribution is 2.43. The minimum Gasteiger partial charge on any atom is -0.376 e. The van der Waals surface area contributed by atoms with Crippen molar-refractivity contribution in [3.63, 3.8) is 0 Å². The minimum absolute atomic E-state index is 0.0226. The van der Waals surface area contributed by atoms with Crippen molar-refractivity contribution >= 4 is 0 Å². The van der Waals surface area contributed by atoms with Gasteiger partial charge < -0.3 is 9.58 Å². The molecule has 0 unspecified atom stereocenters. The SMILES string of the molecule is [C-]#[N+]C1(CCOC(C)(C)C)CC1. The van der Waals surface area contributed by atoms with Gasteiger partial charge in [0.15, 0.2) is 0 Å². The standard InChI is InChI=1S/C10H17NO/c1-9(2,3)12-8-7-10(11-4)5-6-10/h5-8H2,1-3H3. The average Bonchev–Trinajstić information content (AvgIpc) is 2.67. The smallest absolute Gasteiger partial charge is 0.235 e. The highest BCUT2D eigenvalue weighted by molar-refractivity contribution is 5.10. The second kappa shape index (κ2) is 3.06. The molecule has 0 spiro atoms. The van der Waals surface area contributed by atoms with Crippen molar-refractivity contribution in [2.24, 2.45) is 0 Å². The lowest BCUT2D eigenvalue weighted by Gasteiger charge is -2.19. The summed E-state index contributed by atoms with van der Waals surface area (Å²) in [6, 6.07) is 0. The van der Waals surface area contributed by atoms with Crippen LogP contribution in [0.15, 0.2) is 0 Å². The van der Waals surface area contributed by atoms with Crippen molar-refractivity contribution in [2.45, 2.75) is 51.2 Å². The predicted octanol–water partition coefficient (Wildman–Crippen LogP) is 2.64.